The van der Waals surface area contributed by atoms with Crippen LogP contribution in [0.4, 0.5) is 15.5 Å². The van der Waals surface area contributed by atoms with E-state index in [9.17, 15) is 9.59 Å². The SMILES string of the molecule is CCc1sc(NC(=O)Nc2ccc(Cl)c3ccccc23)c(C(N)=O)c1CCN(C)CC(C)(C)C. The van der Waals surface area contributed by atoms with E-state index in [0.29, 0.717) is 27.7 Å². The number of nitrogens with zero attached hydrogens (tertiary/aromatic N) is 1. The van der Waals surface area contributed by atoms with Crippen LogP contribution in [-0.4, -0.2) is 37.0 Å². The van der Waals surface area contributed by atoms with Crippen molar-refractivity contribution in [3.05, 3.63) is 57.4 Å². The monoisotopic (exact) mass is 500 g/mol. The number of hydrogen-bond acceptors (Lipinski definition) is 4. The Morgan fingerprint density at radius 3 is 2.38 bits per heavy atom. The molecular weight excluding hydrogens is 468 g/mol. The van der Waals surface area contributed by atoms with Crippen molar-refractivity contribution in [1.29, 1.82) is 0 Å². The molecule has 0 fully saturated rings. The lowest BCUT2D eigenvalue weighted by Gasteiger charge is -2.26. The van der Waals surface area contributed by atoms with E-state index in [1.165, 1.54) is 11.3 Å². The van der Waals surface area contributed by atoms with Gasteiger partial charge in [0.1, 0.15) is 5.00 Å². The molecule has 0 saturated heterocycles. The molecule has 3 amide bonds. The second kappa shape index (κ2) is 10.8. The fourth-order valence-corrected chi connectivity index (χ4v) is 5.65. The minimum atomic E-state index is -0.531. The van der Waals surface area contributed by atoms with E-state index in [2.05, 4.69) is 43.4 Å². The predicted octanol–water partition coefficient (Wildman–Crippen LogP) is 6.38. The quantitative estimate of drug-likeness (QED) is 0.335. The van der Waals surface area contributed by atoms with E-state index < -0.39 is 11.9 Å². The average molecular weight is 501 g/mol. The van der Waals surface area contributed by atoms with E-state index >= 15 is 0 Å². The number of fused-ring (bicyclic) bond motifs is 1. The number of urea groups is 1. The van der Waals surface area contributed by atoms with Crippen LogP contribution in [0.2, 0.25) is 5.02 Å². The number of likely N-dealkylation sites (N-methyl/N-ethyl adjacent to an activating group) is 1. The first-order valence-corrected chi connectivity index (χ1v) is 12.6. The van der Waals surface area contributed by atoms with Gasteiger partial charge in [0, 0.05) is 33.8 Å². The van der Waals surface area contributed by atoms with E-state index in [1.54, 1.807) is 12.1 Å². The molecule has 0 radical (unpaired) electrons. The van der Waals surface area contributed by atoms with Crippen molar-refractivity contribution in [3.63, 3.8) is 0 Å². The second-order valence-electron chi connectivity index (χ2n) is 9.69. The van der Waals surface area contributed by atoms with Crippen LogP contribution in [0.25, 0.3) is 10.8 Å². The third-order valence-corrected chi connectivity index (χ3v) is 7.11. The van der Waals surface area contributed by atoms with E-state index in [0.717, 1.165) is 40.7 Å². The Morgan fingerprint density at radius 2 is 1.76 bits per heavy atom. The number of aryl methyl sites for hydroxylation is 1. The molecule has 6 nitrogen and oxygen atoms in total. The highest BCUT2D eigenvalue weighted by Gasteiger charge is 2.23. The molecule has 3 rings (SSSR count). The zero-order valence-corrected chi connectivity index (χ0v) is 22.0. The number of hydrogen-bond donors (Lipinski definition) is 3. The standard InChI is InChI=1S/C26H33ClN4O2S/c1-6-21-18(13-14-31(5)15-26(2,3)4)22(23(28)32)24(34-21)30-25(33)29-20-12-11-19(27)16-9-7-8-10-17(16)20/h7-12H,6,13-15H2,1-5H3,(H2,28,32)(H2,29,30,33). The Morgan fingerprint density at radius 1 is 1.09 bits per heavy atom. The van der Waals surface area contributed by atoms with E-state index in [-0.39, 0.29) is 5.41 Å². The summed E-state index contributed by atoms with van der Waals surface area (Å²) in [5.41, 5.74) is 7.92. The number of thiophene rings is 1. The lowest BCUT2D eigenvalue weighted by Crippen LogP contribution is -2.31. The molecule has 0 aliphatic rings. The van der Waals surface area contributed by atoms with Crippen molar-refractivity contribution in [3.8, 4) is 0 Å². The lowest BCUT2D eigenvalue weighted by atomic mass is 9.96. The summed E-state index contributed by atoms with van der Waals surface area (Å²) < 4.78 is 0. The molecule has 0 bridgehead atoms. The van der Waals surface area contributed by atoms with Crippen LogP contribution in [0.5, 0.6) is 0 Å². The number of carbonyl (C=O) groups is 2. The highest BCUT2D eigenvalue weighted by molar-refractivity contribution is 7.17. The summed E-state index contributed by atoms with van der Waals surface area (Å²) in [7, 11) is 2.08. The van der Waals surface area contributed by atoms with Crippen molar-refractivity contribution < 1.29 is 9.59 Å². The second-order valence-corrected chi connectivity index (χ2v) is 11.2. The molecule has 0 saturated carbocycles. The average Bonchev–Trinajstić information content (AvgIpc) is 3.10. The number of amides is 3. The first-order chi connectivity index (χ1) is 16.0. The van der Waals surface area contributed by atoms with Crippen molar-refractivity contribution in [1.82, 2.24) is 4.90 Å². The van der Waals surface area contributed by atoms with Gasteiger partial charge in [-0.25, -0.2) is 4.79 Å². The number of rotatable bonds is 8. The van der Waals surface area contributed by atoms with Gasteiger partial charge in [0.25, 0.3) is 5.91 Å². The van der Waals surface area contributed by atoms with Crippen LogP contribution in [0.3, 0.4) is 0 Å². The van der Waals surface area contributed by atoms with Gasteiger partial charge < -0.3 is 16.0 Å². The molecule has 0 aliphatic heterocycles. The molecule has 1 aromatic heterocycles. The van der Waals surface area contributed by atoms with Crippen molar-refractivity contribution in [2.24, 2.45) is 11.1 Å². The van der Waals surface area contributed by atoms with Gasteiger partial charge in [-0.1, -0.05) is 63.6 Å². The highest BCUT2D eigenvalue weighted by atomic mass is 35.5. The predicted molar refractivity (Wildman–Crippen MR) is 144 cm³/mol. The molecule has 0 spiro atoms. The summed E-state index contributed by atoms with van der Waals surface area (Å²) in [6, 6.07) is 10.7. The maximum atomic E-state index is 12.9. The van der Waals surface area contributed by atoms with Gasteiger partial charge in [0.2, 0.25) is 0 Å². The van der Waals surface area contributed by atoms with Crippen LogP contribution < -0.4 is 16.4 Å². The molecule has 8 heteroatoms. The van der Waals surface area contributed by atoms with E-state index in [1.807, 2.05) is 31.2 Å². The molecule has 4 N–H and O–H groups in total. The summed E-state index contributed by atoms with van der Waals surface area (Å²) in [4.78, 5) is 28.7. The molecule has 182 valence electrons. The first-order valence-electron chi connectivity index (χ1n) is 11.4. The number of halogens is 1. The van der Waals surface area contributed by atoms with Gasteiger partial charge in [-0.15, -0.1) is 11.3 Å². The van der Waals surface area contributed by atoms with Crippen molar-refractivity contribution in [2.45, 2.75) is 40.5 Å². The third-order valence-electron chi connectivity index (χ3n) is 5.49. The normalized spacial score (nSPS) is 11.7. The summed E-state index contributed by atoms with van der Waals surface area (Å²) >= 11 is 7.70. The number of nitrogens with one attached hydrogen (secondary N) is 2. The molecule has 2 aromatic carbocycles. The van der Waals surface area contributed by atoms with Crippen molar-refractivity contribution >= 4 is 56.3 Å². The Hall–Kier alpha value is -2.61. The number of benzene rings is 2. The summed E-state index contributed by atoms with van der Waals surface area (Å²) in [5, 5.41) is 8.53. The molecule has 3 aromatic rings. The summed E-state index contributed by atoms with van der Waals surface area (Å²) in [6.45, 7) is 10.4. The van der Waals surface area contributed by atoms with Crippen LogP contribution in [0, 0.1) is 5.41 Å². The first kappa shape index (κ1) is 26.0. The fourth-order valence-electron chi connectivity index (χ4n) is 4.23. The lowest BCUT2D eigenvalue weighted by molar-refractivity contribution is 0.1000. The number of anilines is 2. The minimum absolute atomic E-state index is 0.181. The zero-order valence-electron chi connectivity index (χ0n) is 20.4. The van der Waals surface area contributed by atoms with Gasteiger partial charge >= 0.3 is 6.03 Å². The summed E-state index contributed by atoms with van der Waals surface area (Å²) in [5.74, 6) is -0.531. The zero-order chi connectivity index (χ0) is 25.0. The number of nitrogens with two attached hydrogens (primary N) is 1. The Bertz CT molecular complexity index is 1200. The van der Waals surface area contributed by atoms with Gasteiger partial charge in [0.05, 0.1) is 11.3 Å². The summed E-state index contributed by atoms with van der Waals surface area (Å²) in [6.07, 6.45) is 1.45. The third kappa shape index (κ3) is 6.29. The Labute approximate surface area is 210 Å². The molecule has 34 heavy (non-hydrogen) atoms. The Balaban J connectivity index is 1.82. The van der Waals surface area contributed by atoms with E-state index in [4.69, 9.17) is 17.3 Å². The number of primary amides is 1. The molecule has 0 unspecified atom stereocenters. The molecule has 1 heterocycles. The van der Waals surface area contributed by atoms with Gasteiger partial charge in [-0.2, -0.15) is 0 Å². The fraction of sp³-hybridized carbons (Fsp3) is 0.385. The molecular formula is C26H33ClN4O2S. The number of carbonyl (C=O) groups excluding carboxylic acids is 2. The maximum absolute atomic E-state index is 12.9. The van der Waals surface area contributed by atoms with Gasteiger partial charge in [0.15, 0.2) is 0 Å². The molecule has 0 atom stereocenters. The van der Waals surface area contributed by atoms with Crippen LogP contribution >= 0.6 is 22.9 Å². The van der Waals surface area contributed by atoms with Crippen LogP contribution in [-0.2, 0) is 12.8 Å². The highest BCUT2D eigenvalue weighted by Crippen LogP contribution is 2.35. The van der Waals surface area contributed by atoms with Crippen molar-refractivity contribution in [2.75, 3.05) is 30.8 Å². The Kier molecular flexibility index (Phi) is 8.23. The maximum Gasteiger partial charge on any atom is 0.324 e. The topological polar surface area (TPSA) is 87.5 Å². The van der Waals surface area contributed by atoms with Crippen LogP contribution in [0.1, 0.15) is 48.5 Å². The minimum Gasteiger partial charge on any atom is -0.365 e. The smallest absolute Gasteiger partial charge is 0.324 e. The van der Waals surface area contributed by atoms with Crippen LogP contribution in [0.15, 0.2) is 36.4 Å². The van der Waals surface area contributed by atoms with Gasteiger partial charge in [-0.05, 0) is 43.0 Å². The molecule has 0 aliphatic carbocycles. The largest absolute Gasteiger partial charge is 0.365 e. The van der Waals surface area contributed by atoms with Gasteiger partial charge in [-0.3, -0.25) is 10.1 Å².